The van der Waals surface area contributed by atoms with Gasteiger partial charge in [0.05, 0.1) is 12.6 Å². The molecule has 1 heterocycles. The van der Waals surface area contributed by atoms with Crippen LogP contribution in [0.5, 0.6) is 0 Å². The minimum atomic E-state index is -0.160. The average Bonchev–Trinajstić information content (AvgIpc) is 2.99. The summed E-state index contributed by atoms with van der Waals surface area (Å²) in [6.07, 6.45) is 9.36. The number of hydrogen-bond donors (Lipinski definition) is 1. The molecule has 0 aliphatic rings. The lowest BCUT2D eigenvalue weighted by molar-refractivity contribution is 0.224. The third kappa shape index (κ3) is 4.22. The van der Waals surface area contributed by atoms with Crippen LogP contribution in [0.15, 0.2) is 42.7 Å². The van der Waals surface area contributed by atoms with Crippen molar-refractivity contribution in [2.24, 2.45) is 0 Å². The van der Waals surface area contributed by atoms with E-state index in [4.69, 9.17) is 4.18 Å². The Labute approximate surface area is 136 Å². The van der Waals surface area contributed by atoms with E-state index < -0.39 is 0 Å². The summed E-state index contributed by atoms with van der Waals surface area (Å²) in [5, 5.41) is 9.71. The topological polar surface area (TPSA) is 47.3 Å². The van der Waals surface area contributed by atoms with Crippen LogP contribution in [0.1, 0.15) is 36.0 Å². The van der Waals surface area contributed by atoms with E-state index in [1.54, 1.807) is 6.20 Å². The maximum Gasteiger partial charge on any atom is 0.139 e. The molecule has 22 heavy (non-hydrogen) atoms. The van der Waals surface area contributed by atoms with Crippen molar-refractivity contribution in [2.45, 2.75) is 26.0 Å². The van der Waals surface area contributed by atoms with Gasteiger partial charge in [0.2, 0.25) is 0 Å². The molecular weight excluding hydrogens is 296 g/mol. The van der Waals surface area contributed by atoms with E-state index in [0.29, 0.717) is 0 Å². The zero-order chi connectivity index (χ0) is 15.9. The van der Waals surface area contributed by atoms with Crippen LogP contribution < -0.4 is 0 Å². The lowest BCUT2D eigenvalue weighted by atomic mass is 10.1. The van der Waals surface area contributed by atoms with Crippen LogP contribution in [0.4, 0.5) is 0 Å². The Hall–Kier alpha value is -1.56. The predicted octanol–water partition coefficient (Wildman–Crippen LogP) is 3.79. The Morgan fingerprint density at radius 2 is 2.09 bits per heavy atom. The molecule has 0 saturated carbocycles. The number of hydrogen-bond acceptors (Lipinski definition) is 4. The molecule has 1 aromatic heterocycles. The normalized spacial score (nSPS) is 14.4. The molecule has 5 heteroatoms. The fourth-order valence-electron chi connectivity index (χ4n) is 2.25. The Kier molecular flexibility index (Phi) is 6.24. The van der Waals surface area contributed by atoms with Crippen LogP contribution in [0.3, 0.4) is 0 Å². The third-order valence-corrected chi connectivity index (χ3v) is 3.92. The molecule has 0 aliphatic heterocycles. The highest BCUT2D eigenvalue weighted by Crippen LogP contribution is 2.23. The highest BCUT2D eigenvalue weighted by molar-refractivity contribution is 7.93. The number of nitrogens with zero attached hydrogens (tertiary/aromatic N) is 2. The monoisotopic (exact) mass is 318 g/mol. The first kappa shape index (κ1) is 16.8. The summed E-state index contributed by atoms with van der Waals surface area (Å²) in [6, 6.07) is 8.12. The number of benzene rings is 1. The second-order valence-corrected chi connectivity index (χ2v) is 5.64. The molecular formula is C17H22N2O2S. The summed E-state index contributed by atoms with van der Waals surface area (Å²) in [5.41, 5.74) is 2.34. The summed E-state index contributed by atoms with van der Waals surface area (Å²) in [6.45, 7) is 4.03. The van der Waals surface area contributed by atoms with E-state index in [0.717, 1.165) is 11.4 Å². The first-order valence-corrected chi connectivity index (χ1v) is 8.38. The maximum absolute atomic E-state index is 9.71. The highest BCUT2D eigenvalue weighted by atomic mass is 32.2. The fraction of sp³-hybridized carbons (Fsp3) is 0.353. The molecule has 4 nitrogen and oxygen atoms in total. The number of aryl methyl sites for hydroxylation is 1. The minimum absolute atomic E-state index is 0.0116. The summed E-state index contributed by atoms with van der Waals surface area (Å²) in [5.74, 6) is 0.807. The highest BCUT2D eigenvalue weighted by Gasteiger charge is 2.17. The number of aliphatic hydroxyl groups excluding tert-OH is 1. The van der Waals surface area contributed by atoms with Crippen LogP contribution in [0, 0.1) is 6.92 Å². The Balaban J connectivity index is 2.18. The van der Waals surface area contributed by atoms with Gasteiger partial charge in [-0.1, -0.05) is 42.0 Å². The molecule has 0 amide bonds. The molecule has 2 aromatic rings. The zero-order valence-corrected chi connectivity index (χ0v) is 14.0. The number of rotatable bonds is 7. The number of imidazole rings is 1. The van der Waals surface area contributed by atoms with Crippen molar-refractivity contribution < 1.29 is 9.29 Å². The average molecular weight is 318 g/mol. The van der Waals surface area contributed by atoms with Crippen molar-refractivity contribution in [3.05, 3.63) is 59.7 Å². The van der Waals surface area contributed by atoms with Crippen molar-refractivity contribution in [3.8, 4) is 0 Å². The molecule has 0 bridgehead atoms. The third-order valence-electron chi connectivity index (χ3n) is 3.44. The Morgan fingerprint density at radius 3 is 2.73 bits per heavy atom. The van der Waals surface area contributed by atoms with Crippen molar-refractivity contribution in [1.29, 1.82) is 0 Å². The molecule has 0 aliphatic carbocycles. The van der Waals surface area contributed by atoms with Gasteiger partial charge < -0.3 is 13.9 Å². The van der Waals surface area contributed by atoms with E-state index >= 15 is 0 Å². The van der Waals surface area contributed by atoms with Gasteiger partial charge in [0.15, 0.2) is 0 Å². The van der Waals surface area contributed by atoms with Crippen LogP contribution in [-0.4, -0.2) is 27.5 Å². The molecule has 0 fully saturated rings. The van der Waals surface area contributed by atoms with Gasteiger partial charge in [-0.15, -0.1) is 0 Å². The molecule has 0 spiro atoms. The van der Waals surface area contributed by atoms with Gasteiger partial charge in [-0.25, -0.2) is 4.98 Å². The lowest BCUT2D eigenvalue weighted by Gasteiger charge is -2.18. The summed E-state index contributed by atoms with van der Waals surface area (Å²) < 4.78 is 7.48. The summed E-state index contributed by atoms with van der Waals surface area (Å²) in [4.78, 5) is 4.35. The van der Waals surface area contributed by atoms with Gasteiger partial charge in [0.1, 0.15) is 11.9 Å². The Morgan fingerprint density at radius 1 is 1.36 bits per heavy atom. The van der Waals surface area contributed by atoms with Crippen molar-refractivity contribution in [3.63, 3.8) is 0 Å². The summed E-state index contributed by atoms with van der Waals surface area (Å²) in [7, 11) is 0. The van der Waals surface area contributed by atoms with E-state index in [1.165, 1.54) is 17.6 Å². The smallest absolute Gasteiger partial charge is 0.139 e. The second-order valence-electron chi connectivity index (χ2n) is 5.12. The first-order chi connectivity index (χ1) is 10.7. The van der Waals surface area contributed by atoms with E-state index in [-0.39, 0.29) is 18.8 Å². The van der Waals surface area contributed by atoms with Gasteiger partial charge in [-0.3, -0.25) is 0 Å². The molecule has 0 saturated heterocycles. The van der Waals surface area contributed by atoms with Gasteiger partial charge in [-0.2, -0.15) is 0 Å². The lowest BCUT2D eigenvalue weighted by Crippen LogP contribution is -2.15. The molecule has 1 N–H and O–H groups in total. The first-order valence-electron chi connectivity index (χ1n) is 7.23. The van der Waals surface area contributed by atoms with Gasteiger partial charge >= 0.3 is 0 Å². The van der Waals surface area contributed by atoms with Crippen LogP contribution in [0.2, 0.25) is 0 Å². The maximum atomic E-state index is 9.71. The van der Waals surface area contributed by atoms with E-state index in [1.807, 2.05) is 36.1 Å². The predicted molar refractivity (Wildman–Crippen MR) is 91.6 cm³/mol. The van der Waals surface area contributed by atoms with Crippen molar-refractivity contribution in [1.82, 2.24) is 9.55 Å². The molecule has 118 valence electrons. The largest absolute Gasteiger partial charge is 0.394 e. The van der Waals surface area contributed by atoms with Crippen molar-refractivity contribution in [2.75, 3.05) is 12.9 Å². The molecule has 1 aromatic carbocycles. The SMILES string of the molecule is CSO[C@@H](C)c1nccn1C(/C=C/c1ccc(C)cc1)CO. The van der Waals surface area contributed by atoms with E-state index in [9.17, 15) is 5.11 Å². The number of aliphatic hydroxyl groups is 1. The quantitative estimate of drug-likeness (QED) is 0.789. The van der Waals surface area contributed by atoms with Crippen molar-refractivity contribution >= 4 is 18.1 Å². The molecule has 2 atom stereocenters. The fourth-order valence-corrected chi connectivity index (χ4v) is 2.62. The number of aromatic nitrogens is 2. The van der Waals surface area contributed by atoms with Crippen LogP contribution >= 0.6 is 12.0 Å². The zero-order valence-electron chi connectivity index (χ0n) is 13.1. The minimum Gasteiger partial charge on any atom is -0.394 e. The Bertz CT molecular complexity index is 607. The van der Waals surface area contributed by atoms with Crippen LogP contribution in [-0.2, 0) is 4.18 Å². The summed E-state index contributed by atoms with van der Waals surface area (Å²) >= 11 is 1.31. The van der Waals surface area contributed by atoms with Gasteiger partial charge in [0, 0.05) is 18.6 Å². The van der Waals surface area contributed by atoms with Gasteiger partial charge in [-0.05, 0) is 31.5 Å². The molecule has 0 radical (unpaired) electrons. The van der Waals surface area contributed by atoms with E-state index in [2.05, 4.69) is 36.2 Å². The molecule has 1 unspecified atom stereocenters. The second kappa shape index (κ2) is 8.17. The van der Waals surface area contributed by atoms with Gasteiger partial charge in [0.25, 0.3) is 0 Å². The standard InChI is InChI=1S/C17H22N2O2S/c1-13-4-6-15(7-5-13)8-9-16(12-20)19-11-10-18-17(19)14(2)21-22-3/h4-11,14,16,20H,12H2,1-3H3/b9-8+/t14-,16?/m0/s1. The van der Waals surface area contributed by atoms with Crippen LogP contribution in [0.25, 0.3) is 6.08 Å². The molecule has 2 rings (SSSR count).